The fourth-order valence-corrected chi connectivity index (χ4v) is 2.94. The van der Waals surface area contributed by atoms with Gasteiger partial charge in [0.15, 0.2) is 0 Å². The lowest BCUT2D eigenvalue weighted by molar-refractivity contribution is 0.0646. The van der Waals surface area contributed by atoms with Crippen molar-refractivity contribution in [1.29, 1.82) is 0 Å². The van der Waals surface area contributed by atoms with E-state index in [2.05, 4.69) is 0 Å². The number of hydrogen-bond acceptors (Lipinski definition) is 2. The van der Waals surface area contributed by atoms with Gasteiger partial charge in [-0.15, -0.1) is 0 Å². The summed E-state index contributed by atoms with van der Waals surface area (Å²) in [6.07, 6.45) is 0.234. The third-order valence-electron chi connectivity index (χ3n) is 3.93. The van der Waals surface area contributed by atoms with E-state index in [0.29, 0.717) is 17.2 Å². The number of ether oxygens (including phenoxy) is 1. The van der Waals surface area contributed by atoms with Gasteiger partial charge in [0, 0.05) is 22.9 Å². The molecule has 0 fully saturated rings. The molecule has 0 aliphatic carbocycles. The summed E-state index contributed by atoms with van der Waals surface area (Å²) < 4.78 is 19.5. The minimum Gasteiger partial charge on any atom is -0.493 e. The van der Waals surface area contributed by atoms with Crippen LogP contribution in [0.3, 0.4) is 0 Å². The largest absolute Gasteiger partial charge is 0.493 e. The number of fused-ring (bicyclic) bond motifs is 1. The van der Waals surface area contributed by atoms with Crippen molar-refractivity contribution in [1.82, 2.24) is 0 Å². The second kappa shape index (κ2) is 6.04. The SMILES string of the molecule is OC(Cc1c(F)cccc1Cl)C1COc2ccccc2C1. The number of halogens is 2. The average Bonchev–Trinajstić information content (AvgIpc) is 2.50. The number of hydrogen-bond donors (Lipinski definition) is 1. The van der Waals surface area contributed by atoms with Crippen LogP contribution in [0.2, 0.25) is 5.02 Å². The van der Waals surface area contributed by atoms with Crippen LogP contribution in [0.25, 0.3) is 0 Å². The zero-order valence-electron chi connectivity index (χ0n) is 11.4. The smallest absolute Gasteiger partial charge is 0.127 e. The van der Waals surface area contributed by atoms with Crippen LogP contribution in [0.4, 0.5) is 4.39 Å². The molecule has 0 aromatic heterocycles. The predicted octanol–water partition coefficient (Wildman–Crippen LogP) is 3.63. The summed E-state index contributed by atoms with van der Waals surface area (Å²) in [5.41, 5.74) is 1.44. The van der Waals surface area contributed by atoms with E-state index in [-0.39, 0.29) is 18.2 Å². The number of rotatable bonds is 3. The van der Waals surface area contributed by atoms with E-state index in [0.717, 1.165) is 17.7 Å². The Morgan fingerprint density at radius 3 is 2.86 bits per heavy atom. The van der Waals surface area contributed by atoms with E-state index in [4.69, 9.17) is 16.3 Å². The second-order valence-corrected chi connectivity index (χ2v) is 5.76. The Morgan fingerprint density at radius 2 is 2.05 bits per heavy atom. The second-order valence-electron chi connectivity index (χ2n) is 5.35. The van der Waals surface area contributed by atoms with Crippen molar-refractivity contribution in [3.63, 3.8) is 0 Å². The molecule has 2 nitrogen and oxygen atoms in total. The molecule has 1 aliphatic rings. The fraction of sp³-hybridized carbons (Fsp3) is 0.294. The van der Waals surface area contributed by atoms with Gasteiger partial charge in [0.2, 0.25) is 0 Å². The number of para-hydroxylation sites is 1. The monoisotopic (exact) mass is 306 g/mol. The molecule has 110 valence electrons. The van der Waals surface area contributed by atoms with Gasteiger partial charge in [-0.25, -0.2) is 4.39 Å². The van der Waals surface area contributed by atoms with Crippen LogP contribution < -0.4 is 4.74 Å². The van der Waals surface area contributed by atoms with Crippen LogP contribution in [-0.4, -0.2) is 17.8 Å². The van der Waals surface area contributed by atoms with Crippen molar-refractivity contribution in [2.75, 3.05) is 6.61 Å². The molecule has 1 N–H and O–H groups in total. The van der Waals surface area contributed by atoms with Gasteiger partial charge in [-0.2, -0.15) is 0 Å². The van der Waals surface area contributed by atoms with Crippen molar-refractivity contribution in [3.05, 3.63) is 64.4 Å². The Hall–Kier alpha value is -1.58. The summed E-state index contributed by atoms with van der Waals surface area (Å²) in [4.78, 5) is 0. The van der Waals surface area contributed by atoms with Gasteiger partial charge in [-0.1, -0.05) is 35.9 Å². The highest BCUT2D eigenvalue weighted by Crippen LogP contribution is 2.30. The minimum absolute atomic E-state index is 0.0597. The highest BCUT2D eigenvalue weighted by Gasteiger charge is 2.27. The third-order valence-corrected chi connectivity index (χ3v) is 4.28. The molecule has 2 atom stereocenters. The number of aliphatic hydroxyl groups is 1. The molecule has 3 rings (SSSR count). The van der Waals surface area contributed by atoms with Crippen molar-refractivity contribution < 1.29 is 14.2 Å². The van der Waals surface area contributed by atoms with E-state index >= 15 is 0 Å². The van der Waals surface area contributed by atoms with Crippen molar-refractivity contribution >= 4 is 11.6 Å². The van der Waals surface area contributed by atoms with Gasteiger partial charge in [0.25, 0.3) is 0 Å². The van der Waals surface area contributed by atoms with Crippen LogP contribution in [-0.2, 0) is 12.8 Å². The maximum Gasteiger partial charge on any atom is 0.127 e. The minimum atomic E-state index is -0.687. The molecule has 0 amide bonds. The Kier molecular flexibility index (Phi) is 4.13. The van der Waals surface area contributed by atoms with Gasteiger partial charge >= 0.3 is 0 Å². The molecule has 2 aromatic carbocycles. The molecule has 1 heterocycles. The molecule has 0 saturated heterocycles. The van der Waals surface area contributed by atoms with Crippen molar-refractivity contribution in [2.45, 2.75) is 18.9 Å². The molecule has 2 aromatic rings. The van der Waals surface area contributed by atoms with Crippen LogP contribution in [0.1, 0.15) is 11.1 Å². The Balaban J connectivity index is 1.74. The maximum absolute atomic E-state index is 13.8. The summed E-state index contributed by atoms with van der Waals surface area (Å²) in [6.45, 7) is 0.435. The first kappa shape index (κ1) is 14.4. The molecule has 0 radical (unpaired) electrons. The zero-order chi connectivity index (χ0) is 14.8. The quantitative estimate of drug-likeness (QED) is 0.938. The first-order valence-electron chi connectivity index (χ1n) is 6.97. The van der Waals surface area contributed by atoms with E-state index in [1.54, 1.807) is 12.1 Å². The molecular formula is C17H16ClFO2. The Morgan fingerprint density at radius 1 is 1.24 bits per heavy atom. The molecule has 0 saturated carbocycles. The molecule has 0 bridgehead atoms. The van der Waals surface area contributed by atoms with Gasteiger partial charge in [-0.3, -0.25) is 0 Å². The Bertz CT molecular complexity index is 624. The lowest BCUT2D eigenvalue weighted by Crippen LogP contribution is -2.33. The van der Waals surface area contributed by atoms with E-state index < -0.39 is 6.10 Å². The van der Waals surface area contributed by atoms with E-state index in [1.807, 2.05) is 24.3 Å². The van der Waals surface area contributed by atoms with Gasteiger partial charge in [0.1, 0.15) is 11.6 Å². The topological polar surface area (TPSA) is 29.5 Å². The standard InChI is InChI=1S/C17H16ClFO2/c18-14-5-3-6-15(19)13(14)9-16(20)12-8-11-4-1-2-7-17(11)21-10-12/h1-7,12,16,20H,8-10H2. The summed E-state index contributed by atoms with van der Waals surface area (Å²) in [7, 11) is 0. The molecule has 21 heavy (non-hydrogen) atoms. The summed E-state index contributed by atoms with van der Waals surface area (Å²) in [6, 6.07) is 12.4. The predicted molar refractivity (Wildman–Crippen MR) is 80.3 cm³/mol. The lowest BCUT2D eigenvalue weighted by Gasteiger charge is -2.29. The zero-order valence-corrected chi connectivity index (χ0v) is 12.2. The Labute approximate surface area is 128 Å². The molecule has 1 aliphatic heterocycles. The number of aliphatic hydroxyl groups excluding tert-OH is 1. The summed E-state index contributed by atoms with van der Waals surface area (Å²) in [5, 5.41) is 10.7. The molecular weight excluding hydrogens is 291 g/mol. The van der Waals surface area contributed by atoms with Crippen molar-refractivity contribution in [2.24, 2.45) is 5.92 Å². The third kappa shape index (κ3) is 3.04. The fourth-order valence-electron chi connectivity index (χ4n) is 2.70. The van der Waals surface area contributed by atoms with Gasteiger partial charge < -0.3 is 9.84 Å². The normalized spacial score (nSPS) is 18.7. The molecule has 2 unspecified atom stereocenters. The lowest BCUT2D eigenvalue weighted by atomic mass is 9.89. The van der Waals surface area contributed by atoms with Gasteiger partial charge in [-0.05, 0) is 30.2 Å². The highest BCUT2D eigenvalue weighted by atomic mass is 35.5. The first-order valence-corrected chi connectivity index (χ1v) is 7.34. The molecule has 0 spiro atoms. The first-order chi connectivity index (χ1) is 10.1. The van der Waals surface area contributed by atoms with E-state index in [1.165, 1.54) is 6.07 Å². The maximum atomic E-state index is 13.8. The van der Waals surface area contributed by atoms with Crippen LogP contribution in [0, 0.1) is 11.7 Å². The average molecular weight is 307 g/mol. The van der Waals surface area contributed by atoms with Crippen LogP contribution in [0.5, 0.6) is 5.75 Å². The van der Waals surface area contributed by atoms with Gasteiger partial charge in [0.05, 0.1) is 12.7 Å². The van der Waals surface area contributed by atoms with Crippen LogP contribution in [0.15, 0.2) is 42.5 Å². The van der Waals surface area contributed by atoms with Crippen molar-refractivity contribution in [3.8, 4) is 5.75 Å². The molecule has 4 heteroatoms. The summed E-state index contributed by atoms with van der Waals surface area (Å²) in [5.74, 6) is 0.430. The highest BCUT2D eigenvalue weighted by molar-refractivity contribution is 6.31. The van der Waals surface area contributed by atoms with Crippen LogP contribution >= 0.6 is 11.6 Å². The number of benzene rings is 2. The summed E-state index contributed by atoms with van der Waals surface area (Å²) >= 11 is 6.01. The van der Waals surface area contributed by atoms with E-state index in [9.17, 15) is 9.50 Å².